The molecule has 4 aliphatic rings. The Bertz CT molecular complexity index is 1330. The van der Waals surface area contributed by atoms with E-state index < -0.39 is 5.82 Å². The molecule has 0 aliphatic carbocycles. The first-order chi connectivity index (χ1) is 22.1. The van der Waals surface area contributed by atoms with Gasteiger partial charge in [0, 0.05) is 81.5 Å². The first kappa shape index (κ1) is 33.3. The number of hydrogen-bond acceptors (Lipinski definition) is 11. The van der Waals surface area contributed by atoms with E-state index in [9.17, 15) is 9.18 Å². The van der Waals surface area contributed by atoms with Gasteiger partial charge in [-0.1, -0.05) is 0 Å². The minimum Gasteiger partial charge on any atom is -0.434 e. The summed E-state index contributed by atoms with van der Waals surface area (Å²) >= 11 is 1.91. The van der Waals surface area contributed by atoms with Gasteiger partial charge in [-0.3, -0.25) is 4.79 Å². The molecular formula is C33H50FN9O2S. The van der Waals surface area contributed by atoms with E-state index >= 15 is 0 Å². The van der Waals surface area contributed by atoms with E-state index in [4.69, 9.17) is 10.5 Å². The first-order valence-electron chi connectivity index (χ1n) is 17.0. The monoisotopic (exact) mass is 655 g/mol. The number of amides is 1. The average molecular weight is 656 g/mol. The summed E-state index contributed by atoms with van der Waals surface area (Å²) in [6.07, 6.45) is 7.39. The maximum atomic E-state index is 14.4. The number of anilines is 1. The summed E-state index contributed by atoms with van der Waals surface area (Å²) in [7, 11) is 0. The van der Waals surface area contributed by atoms with Gasteiger partial charge in [-0.2, -0.15) is 0 Å². The molecular weight excluding hydrogens is 605 g/mol. The molecule has 0 bridgehead atoms. The van der Waals surface area contributed by atoms with E-state index in [1.54, 1.807) is 4.90 Å². The summed E-state index contributed by atoms with van der Waals surface area (Å²) < 4.78 is 25.5. The molecule has 5 heterocycles. The van der Waals surface area contributed by atoms with Crippen molar-refractivity contribution in [3.05, 3.63) is 35.9 Å². The number of halogens is 1. The van der Waals surface area contributed by atoms with E-state index in [1.807, 2.05) is 39.8 Å². The van der Waals surface area contributed by atoms with Crippen molar-refractivity contribution < 1.29 is 13.9 Å². The lowest BCUT2D eigenvalue weighted by molar-refractivity contribution is 0.0611. The maximum absolute atomic E-state index is 14.4. The summed E-state index contributed by atoms with van der Waals surface area (Å²) in [6.45, 7) is 17.4. The summed E-state index contributed by atoms with van der Waals surface area (Å²) in [4.78, 5) is 24.6. The molecule has 1 amide bonds. The Balaban J connectivity index is 1.01. The number of nitrogens with two attached hydrogens (primary N) is 1. The Hall–Kier alpha value is -2.58. The van der Waals surface area contributed by atoms with Gasteiger partial charge in [-0.25, -0.2) is 18.0 Å². The smallest absolute Gasteiger partial charge is 0.282 e. The summed E-state index contributed by atoms with van der Waals surface area (Å²) in [5, 5.41) is 8.21. The molecule has 11 nitrogen and oxygen atoms in total. The first-order valence-corrected chi connectivity index (χ1v) is 17.7. The van der Waals surface area contributed by atoms with Crippen LogP contribution in [0.5, 0.6) is 11.6 Å². The molecule has 1 aromatic carbocycles. The molecule has 252 valence electrons. The zero-order valence-corrected chi connectivity index (χ0v) is 28.6. The molecule has 46 heavy (non-hydrogen) atoms. The summed E-state index contributed by atoms with van der Waals surface area (Å²) in [5.41, 5.74) is 6.51. The average Bonchev–Trinajstić information content (AvgIpc) is 3.42. The van der Waals surface area contributed by atoms with Crippen molar-refractivity contribution >= 4 is 23.9 Å². The van der Waals surface area contributed by atoms with Crippen molar-refractivity contribution in [1.29, 1.82) is 0 Å². The third-order valence-corrected chi connectivity index (χ3v) is 11.2. The highest BCUT2D eigenvalue weighted by molar-refractivity contribution is 7.94. The van der Waals surface area contributed by atoms with Gasteiger partial charge in [-0.05, 0) is 97.0 Å². The van der Waals surface area contributed by atoms with Crippen LogP contribution in [0.1, 0.15) is 70.2 Å². The van der Waals surface area contributed by atoms with Crippen LogP contribution < -0.4 is 15.4 Å². The molecule has 4 aliphatic heterocycles. The highest BCUT2D eigenvalue weighted by atomic mass is 32.2. The Morgan fingerprint density at radius 3 is 2.41 bits per heavy atom. The molecule has 0 unspecified atom stereocenters. The maximum Gasteiger partial charge on any atom is 0.282 e. The third-order valence-electron chi connectivity index (χ3n) is 10.1. The van der Waals surface area contributed by atoms with Gasteiger partial charge in [0.15, 0.2) is 5.82 Å². The molecule has 1 atom stereocenters. The topological polar surface area (TPSA) is 107 Å². The highest BCUT2D eigenvalue weighted by Gasteiger charge is 2.46. The Labute approximate surface area is 277 Å². The Kier molecular flexibility index (Phi) is 10.3. The van der Waals surface area contributed by atoms with Crippen LogP contribution in [-0.4, -0.2) is 117 Å². The fourth-order valence-electron chi connectivity index (χ4n) is 7.58. The zero-order chi connectivity index (χ0) is 32.4. The number of likely N-dealkylation sites (tertiary alicyclic amines) is 1. The second kappa shape index (κ2) is 14.3. The van der Waals surface area contributed by atoms with E-state index in [0.717, 1.165) is 64.7 Å². The van der Waals surface area contributed by atoms with E-state index in [0.29, 0.717) is 11.9 Å². The van der Waals surface area contributed by atoms with Crippen LogP contribution in [0.4, 0.5) is 10.2 Å². The minimum absolute atomic E-state index is 0.0573. The molecule has 1 spiro atoms. The van der Waals surface area contributed by atoms with Crippen molar-refractivity contribution in [2.24, 2.45) is 17.1 Å². The Morgan fingerprint density at radius 2 is 1.76 bits per heavy atom. The van der Waals surface area contributed by atoms with E-state index in [2.05, 4.69) is 33.6 Å². The Morgan fingerprint density at radius 1 is 1.07 bits per heavy atom. The number of carbonyl (C=O) groups is 1. The molecule has 1 aromatic heterocycles. The van der Waals surface area contributed by atoms with Crippen LogP contribution in [0.15, 0.2) is 24.5 Å². The molecule has 4 fully saturated rings. The minimum atomic E-state index is -0.496. The van der Waals surface area contributed by atoms with Crippen LogP contribution in [0.3, 0.4) is 0 Å². The molecule has 0 radical (unpaired) electrons. The molecule has 0 saturated carbocycles. The SMILES string of the molecule is CC(C)N(C(=O)c1cc(F)ccc1Oc1nncnc1N1CC2(CCN(CC3CCN(SN4CC[C@@H](N)C4)CC3)CC2)C1)C(C)C. The number of hydrogen-bond donors (Lipinski definition) is 1. The van der Waals surface area contributed by atoms with Crippen LogP contribution in [0, 0.1) is 17.2 Å². The van der Waals surface area contributed by atoms with Gasteiger partial charge in [0.1, 0.15) is 17.9 Å². The number of ether oxygens (including phenoxy) is 1. The molecule has 4 saturated heterocycles. The normalized spacial score (nSPS) is 23.0. The van der Waals surface area contributed by atoms with Gasteiger partial charge in [0.2, 0.25) is 0 Å². The van der Waals surface area contributed by atoms with Gasteiger partial charge in [-0.15, -0.1) is 10.2 Å². The van der Waals surface area contributed by atoms with Crippen molar-refractivity contribution in [3.63, 3.8) is 0 Å². The second-order valence-electron chi connectivity index (χ2n) is 14.3. The number of piperidine rings is 2. The largest absolute Gasteiger partial charge is 0.434 e. The standard InChI is InChI=1S/C33H50FN9O2S/c1-23(2)43(24(3)4)32(44)28-17-26(34)5-6-29(28)45-31-30(36-22-37-38-31)40-20-33(21-40)10-15-39(16-11-33)18-25-7-12-41(13-8-25)46-42-14-9-27(35)19-42/h5-6,17,22-25,27H,7-16,18-21,35H2,1-4H3/t27-/m1/s1. The second-order valence-corrected chi connectivity index (χ2v) is 15.5. The summed E-state index contributed by atoms with van der Waals surface area (Å²) in [5.74, 6) is 1.07. The van der Waals surface area contributed by atoms with Crippen molar-refractivity contribution in [2.75, 3.05) is 63.8 Å². The predicted octanol–water partition coefficient (Wildman–Crippen LogP) is 4.27. The lowest BCUT2D eigenvalue weighted by Gasteiger charge is -2.54. The van der Waals surface area contributed by atoms with E-state index in [-0.39, 0.29) is 40.6 Å². The van der Waals surface area contributed by atoms with Crippen molar-refractivity contribution in [3.8, 4) is 11.6 Å². The third kappa shape index (κ3) is 7.59. The lowest BCUT2D eigenvalue weighted by atomic mass is 9.72. The molecule has 13 heteroatoms. The number of aromatic nitrogens is 3. The molecule has 2 aromatic rings. The van der Waals surface area contributed by atoms with Crippen LogP contribution >= 0.6 is 12.1 Å². The van der Waals surface area contributed by atoms with Gasteiger partial charge in [0.05, 0.1) is 5.56 Å². The van der Waals surface area contributed by atoms with Crippen LogP contribution in [0.2, 0.25) is 0 Å². The van der Waals surface area contributed by atoms with Crippen molar-refractivity contribution in [1.82, 2.24) is 33.6 Å². The van der Waals surface area contributed by atoms with E-state index in [1.165, 1.54) is 56.8 Å². The van der Waals surface area contributed by atoms with Gasteiger partial charge < -0.3 is 25.2 Å². The molecule has 6 rings (SSSR count). The lowest BCUT2D eigenvalue weighted by Crippen LogP contribution is -2.61. The number of rotatable bonds is 10. The van der Waals surface area contributed by atoms with Crippen LogP contribution in [-0.2, 0) is 0 Å². The van der Waals surface area contributed by atoms with Crippen LogP contribution in [0.25, 0.3) is 0 Å². The quantitative estimate of drug-likeness (QED) is 0.371. The van der Waals surface area contributed by atoms with Crippen molar-refractivity contribution in [2.45, 2.75) is 77.9 Å². The number of carbonyl (C=O) groups excluding carboxylic acids is 1. The fraction of sp³-hybridized carbons (Fsp3) is 0.697. The van der Waals surface area contributed by atoms with Gasteiger partial charge >= 0.3 is 0 Å². The summed E-state index contributed by atoms with van der Waals surface area (Å²) in [6, 6.07) is 4.24. The highest BCUT2D eigenvalue weighted by Crippen LogP contribution is 2.45. The fourth-order valence-corrected chi connectivity index (χ4v) is 8.72. The number of benzene rings is 1. The van der Waals surface area contributed by atoms with Gasteiger partial charge in [0.25, 0.3) is 11.8 Å². The molecule has 2 N–H and O–H groups in total. The number of nitrogens with zero attached hydrogens (tertiary/aromatic N) is 8. The predicted molar refractivity (Wildman–Crippen MR) is 179 cm³/mol. The zero-order valence-electron chi connectivity index (χ0n) is 27.8.